The molecule has 4 rings (SSSR count). The van der Waals surface area contributed by atoms with Crippen LogP contribution in [0.3, 0.4) is 0 Å². The van der Waals surface area contributed by atoms with E-state index in [1.54, 1.807) is 18.2 Å². The first-order valence-corrected chi connectivity index (χ1v) is 8.60. The molecule has 27 heavy (non-hydrogen) atoms. The number of nitrogens with zero attached hydrogens (tertiary/aromatic N) is 2. The summed E-state index contributed by atoms with van der Waals surface area (Å²) in [6.07, 6.45) is 4.30. The zero-order valence-electron chi connectivity index (χ0n) is 15.4. The lowest BCUT2D eigenvalue weighted by Crippen LogP contribution is -2.43. The minimum atomic E-state index is -0.575. The van der Waals surface area contributed by atoms with Crippen molar-refractivity contribution in [2.24, 2.45) is 4.99 Å². The van der Waals surface area contributed by atoms with Gasteiger partial charge in [0.15, 0.2) is 11.5 Å². The van der Waals surface area contributed by atoms with Crippen LogP contribution in [-0.4, -0.2) is 41.9 Å². The first kappa shape index (κ1) is 17.1. The van der Waals surface area contributed by atoms with Crippen LogP contribution < -0.4 is 9.47 Å². The van der Waals surface area contributed by atoms with Crippen molar-refractivity contribution in [1.82, 2.24) is 4.90 Å². The van der Waals surface area contributed by atoms with Crippen LogP contribution in [0.5, 0.6) is 17.2 Å². The number of carbonyl (C=O) groups excluding carboxylic acids is 1. The highest BCUT2D eigenvalue weighted by atomic mass is 16.5. The number of carbonyl (C=O) groups is 1. The Morgan fingerprint density at radius 2 is 1.89 bits per heavy atom. The van der Waals surface area contributed by atoms with Gasteiger partial charge < -0.3 is 19.5 Å². The highest BCUT2D eigenvalue weighted by molar-refractivity contribution is 6.06. The SMILES string of the molecule is COc1ccc(C2=CN3C(=O)c4cc(OC)c(O)cc4N=CC3(C)C2)cc1. The molecule has 0 aromatic heterocycles. The van der Waals surface area contributed by atoms with E-state index < -0.39 is 5.54 Å². The van der Waals surface area contributed by atoms with Gasteiger partial charge in [-0.3, -0.25) is 9.79 Å². The van der Waals surface area contributed by atoms with Gasteiger partial charge >= 0.3 is 0 Å². The lowest BCUT2D eigenvalue weighted by atomic mass is 9.93. The average Bonchev–Trinajstić information content (AvgIpc) is 2.99. The molecule has 0 radical (unpaired) electrons. The zero-order valence-corrected chi connectivity index (χ0v) is 15.4. The Morgan fingerprint density at radius 3 is 2.56 bits per heavy atom. The van der Waals surface area contributed by atoms with Gasteiger partial charge in [-0.25, -0.2) is 0 Å². The van der Waals surface area contributed by atoms with Crippen LogP contribution in [0.15, 0.2) is 47.6 Å². The highest BCUT2D eigenvalue weighted by Crippen LogP contribution is 2.43. The molecule has 2 aromatic rings. The second-order valence-corrected chi connectivity index (χ2v) is 6.89. The molecule has 138 valence electrons. The molecule has 0 fully saturated rings. The number of phenolic OH excluding ortho intramolecular Hbond substituents is 1. The maximum atomic E-state index is 13.2. The molecule has 6 nitrogen and oxygen atoms in total. The summed E-state index contributed by atoms with van der Waals surface area (Å²) in [5, 5.41) is 10.00. The number of aliphatic imine (C=N–C) groups is 1. The summed E-state index contributed by atoms with van der Waals surface area (Å²) in [4.78, 5) is 19.4. The summed E-state index contributed by atoms with van der Waals surface area (Å²) in [5.41, 5.74) is 2.35. The van der Waals surface area contributed by atoms with Gasteiger partial charge in [0.25, 0.3) is 5.91 Å². The third kappa shape index (κ3) is 2.73. The Balaban J connectivity index is 1.75. The van der Waals surface area contributed by atoms with Crippen molar-refractivity contribution in [3.05, 3.63) is 53.7 Å². The first-order valence-electron chi connectivity index (χ1n) is 8.60. The van der Waals surface area contributed by atoms with E-state index in [0.29, 0.717) is 17.7 Å². The van der Waals surface area contributed by atoms with Gasteiger partial charge in [-0.15, -0.1) is 0 Å². The number of fused-ring (bicyclic) bond motifs is 2. The molecule has 0 bridgehead atoms. The van der Waals surface area contributed by atoms with Gasteiger partial charge in [0.2, 0.25) is 0 Å². The molecule has 1 amide bonds. The van der Waals surface area contributed by atoms with Crippen LogP contribution in [0, 0.1) is 0 Å². The Kier molecular flexibility index (Phi) is 3.91. The quantitative estimate of drug-likeness (QED) is 0.900. The second kappa shape index (κ2) is 6.16. The van der Waals surface area contributed by atoms with Crippen molar-refractivity contribution in [2.45, 2.75) is 18.9 Å². The Bertz CT molecular complexity index is 978. The topological polar surface area (TPSA) is 71.4 Å². The molecule has 0 aliphatic carbocycles. The molecule has 1 N–H and O–H groups in total. The van der Waals surface area contributed by atoms with Gasteiger partial charge in [-0.1, -0.05) is 12.1 Å². The summed E-state index contributed by atoms with van der Waals surface area (Å²) in [5.74, 6) is 0.825. The van der Waals surface area contributed by atoms with Crippen molar-refractivity contribution in [3.63, 3.8) is 0 Å². The monoisotopic (exact) mass is 364 g/mol. The number of hydrogen-bond acceptors (Lipinski definition) is 5. The molecule has 2 aromatic carbocycles. The molecular weight excluding hydrogens is 344 g/mol. The number of rotatable bonds is 3. The lowest BCUT2D eigenvalue weighted by Gasteiger charge is -2.29. The molecule has 0 saturated heterocycles. The first-order chi connectivity index (χ1) is 12.9. The van der Waals surface area contributed by atoms with Gasteiger partial charge in [0.1, 0.15) is 5.75 Å². The van der Waals surface area contributed by atoms with Crippen molar-refractivity contribution < 1.29 is 19.4 Å². The van der Waals surface area contributed by atoms with E-state index in [1.165, 1.54) is 19.2 Å². The third-order valence-electron chi connectivity index (χ3n) is 5.07. The van der Waals surface area contributed by atoms with Crippen LogP contribution in [0.2, 0.25) is 0 Å². The molecule has 1 unspecified atom stereocenters. The summed E-state index contributed by atoms with van der Waals surface area (Å²) in [7, 11) is 3.08. The maximum absolute atomic E-state index is 13.2. The van der Waals surface area contributed by atoms with Crippen LogP contribution in [0.1, 0.15) is 29.3 Å². The number of aromatic hydroxyl groups is 1. The minimum absolute atomic E-state index is 0.0390. The number of methoxy groups -OCH3 is 2. The van der Waals surface area contributed by atoms with Gasteiger partial charge in [0, 0.05) is 24.9 Å². The summed E-state index contributed by atoms with van der Waals surface area (Å²) < 4.78 is 10.4. The molecule has 2 aliphatic rings. The Morgan fingerprint density at radius 1 is 1.15 bits per heavy atom. The average molecular weight is 364 g/mol. The van der Waals surface area contributed by atoms with Gasteiger partial charge in [-0.05, 0) is 36.3 Å². The molecule has 2 heterocycles. The van der Waals surface area contributed by atoms with Crippen LogP contribution in [0.25, 0.3) is 5.57 Å². The molecular formula is C21H20N2O4. The van der Waals surface area contributed by atoms with Crippen molar-refractivity contribution >= 4 is 23.4 Å². The number of ether oxygens (including phenoxy) is 2. The van der Waals surface area contributed by atoms with E-state index in [4.69, 9.17) is 9.47 Å². The number of benzene rings is 2. The Labute approximate surface area is 157 Å². The maximum Gasteiger partial charge on any atom is 0.260 e. The fourth-order valence-electron chi connectivity index (χ4n) is 3.54. The Hall–Kier alpha value is -3.28. The van der Waals surface area contributed by atoms with E-state index in [1.807, 2.05) is 37.4 Å². The lowest BCUT2D eigenvalue weighted by molar-refractivity contribution is 0.0764. The van der Waals surface area contributed by atoms with E-state index in [-0.39, 0.29) is 17.4 Å². The second-order valence-electron chi connectivity index (χ2n) is 6.89. The third-order valence-corrected chi connectivity index (χ3v) is 5.07. The summed E-state index contributed by atoms with van der Waals surface area (Å²) in [6, 6.07) is 10.8. The van der Waals surface area contributed by atoms with Crippen LogP contribution in [0.4, 0.5) is 5.69 Å². The fraction of sp³-hybridized carbons (Fsp3) is 0.238. The summed E-state index contributed by atoms with van der Waals surface area (Å²) >= 11 is 0. The van der Waals surface area contributed by atoms with E-state index in [0.717, 1.165) is 16.9 Å². The largest absolute Gasteiger partial charge is 0.504 e. The smallest absolute Gasteiger partial charge is 0.260 e. The molecule has 1 atom stereocenters. The van der Waals surface area contributed by atoms with E-state index >= 15 is 0 Å². The number of amides is 1. The molecule has 2 aliphatic heterocycles. The van der Waals surface area contributed by atoms with Crippen molar-refractivity contribution in [1.29, 1.82) is 0 Å². The minimum Gasteiger partial charge on any atom is -0.504 e. The van der Waals surface area contributed by atoms with Gasteiger partial charge in [-0.2, -0.15) is 0 Å². The number of hydrogen-bond donors (Lipinski definition) is 1. The standard InChI is InChI=1S/C21H20N2O4/c1-21-10-14(13-4-6-15(26-2)7-5-13)11-23(21)20(25)16-8-19(27-3)18(24)9-17(16)22-12-21/h4-9,11-12,24H,10H2,1-3H3. The number of phenols is 1. The normalized spacial score (nSPS) is 20.6. The molecule has 0 saturated carbocycles. The van der Waals surface area contributed by atoms with Gasteiger partial charge in [0.05, 0.1) is 31.0 Å². The highest BCUT2D eigenvalue weighted by Gasteiger charge is 2.42. The van der Waals surface area contributed by atoms with Crippen molar-refractivity contribution in [2.75, 3.05) is 14.2 Å². The van der Waals surface area contributed by atoms with Crippen LogP contribution >= 0.6 is 0 Å². The molecule has 0 spiro atoms. The fourth-order valence-corrected chi connectivity index (χ4v) is 3.54. The van der Waals surface area contributed by atoms with E-state index in [9.17, 15) is 9.90 Å². The predicted octanol–water partition coefficient (Wildman–Crippen LogP) is 3.77. The zero-order chi connectivity index (χ0) is 19.2. The van der Waals surface area contributed by atoms with Crippen LogP contribution in [-0.2, 0) is 0 Å². The summed E-state index contributed by atoms with van der Waals surface area (Å²) in [6.45, 7) is 1.98. The van der Waals surface area contributed by atoms with E-state index in [2.05, 4.69) is 4.99 Å². The predicted molar refractivity (Wildman–Crippen MR) is 103 cm³/mol. The molecule has 6 heteroatoms. The van der Waals surface area contributed by atoms with Crippen molar-refractivity contribution in [3.8, 4) is 17.2 Å².